The molecule has 0 heterocycles. The minimum absolute atomic E-state index is 1.18. The number of allylic oxidation sites excluding steroid dienone is 1. The van der Waals surface area contributed by atoms with Gasteiger partial charge in [-0.2, -0.15) is 5.26 Å². The van der Waals surface area contributed by atoms with Crippen LogP contribution in [-0.4, -0.2) is 5.21 Å². The molecule has 0 saturated carbocycles. The van der Waals surface area contributed by atoms with Crippen molar-refractivity contribution >= 4 is 0 Å². The molecule has 0 aliphatic heterocycles. The van der Waals surface area contributed by atoms with Crippen LogP contribution in [-0.2, 0) is 0 Å². The van der Waals surface area contributed by atoms with Crippen molar-refractivity contribution in [3.05, 3.63) is 17.6 Å². The Balaban J connectivity index is 0. The van der Waals surface area contributed by atoms with Gasteiger partial charge >= 0.3 is 0 Å². The van der Waals surface area contributed by atoms with E-state index in [-0.39, 0.29) is 0 Å². The second kappa shape index (κ2) is 23.0. The van der Waals surface area contributed by atoms with Gasteiger partial charge in [-0.15, -0.1) is 4.91 Å². The average Bonchev–Trinajstić information content (AvgIpc) is 1.69. The molecule has 1 N–H and O–H groups in total. The molecule has 0 aliphatic carbocycles. The molecule has 0 bridgehead atoms. The lowest BCUT2D eigenvalue weighted by molar-refractivity contribution is 0.312. The lowest BCUT2D eigenvalue weighted by atomic mass is 10.8. The molecule has 0 unspecified atom stereocenters. The number of nitriles is 1. The Kier molecular flexibility index (Phi) is 30.0. The summed E-state index contributed by atoms with van der Waals surface area (Å²) in [6.45, 7) is 3.12. The van der Waals surface area contributed by atoms with E-state index in [4.69, 9.17) is 15.4 Å². The lowest BCUT2D eigenvalue weighted by Gasteiger charge is -1.32. The minimum atomic E-state index is 1.18. The third-order valence-corrected chi connectivity index (χ3v) is 0.0913. The van der Waals surface area contributed by atoms with Crippen LogP contribution in [0.5, 0.6) is 0 Å². The number of hydrogen-bond acceptors (Lipinski definition) is 3. The van der Waals surface area contributed by atoms with E-state index in [1.54, 1.807) is 6.07 Å². The Morgan fingerprint density at radius 1 is 2.00 bits per heavy atom. The zero-order chi connectivity index (χ0) is 6.12. The van der Waals surface area contributed by atoms with Crippen LogP contribution in [0, 0.1) is 16.2 Å². The second-order valence-electron chi connectivity index (χ2n) is 0.415. The topological polar surface area (TPSA) is 73.5 Å². The van der Waals surface area contributed by atoms with Gasteiger partial charge < -0.3 is 5.21 Å². The summed E-state index contributed by atoms with van der Waals surface area (Å²) in [6, 6.07) is 1.69. The average molecular weight is 100 g/mol. The van der Waals surface area contributed by atoms with Crippen molar-refractivity contribution in [2.75, 3.05) is 0 Å². The SMILES string of the molecule is C=CC#N.O=NO. The molecule has 0 radical (unpaired) electrons. The van der Waals surface area contributed by atoms with Crippen molar-refractivity contribution in [2.24, 2.45) is 5.34 Å². The highest BCUT2D eigenvalue weighted by Gasteiger charge is 1.34. The first-order valence-corrected chi connectivity index (χ1v) is 1.30. The molecule has 0 spiro atoms. The maximum absolute atomic E-state index is 8.11. The molecule has 4 heteroatoms. The van der Waals surface area contributed by atoms with Gasteiger partial charge in [0.05, 0.1) is 6.07 Å². The predicted octanol–water partition coefficient (Wildman–Crippen LogP) is 0.838. The molecule has 0 aromatic heterocycles. The summed E-state index contributed by atoms with van der Waals surface area (Å²) < 4.78 is 0. The number of nitrogens with zero attached hydrogens (tertiary/aromatic N) is 2. The molecule has 0 aliphatic rings. The third kappa shape index (κ3) is 234. The Hall–Kier alpha value is -1.37. The normalized spacial score (nSPS) is 3.86. The number of rotatable bonds is 0. The fourth-order valence-corrected chi connectivity index (χ4v) is 0. The highest BCUT2D eigenvalue weighted by atomic mass is 16.6. The third-order valence-electron chi connectivity index (χ3n) is 0.0913. The molecular weight excluding hydrogens is 96.0 g/mol. The van der Waals surface area contributed by atoms with Gasteiger partial charge in [0.2, 0.25) is 0 Å². The second-order valence-corrected chi connectivity index (χ2v) is 0.415. The molecule has 7 heavy (non-hydrogen) atoms. The van der Waals surface area contributed by atoms with E-state index in [1.165, 1.54) is 11.4 Å². The maximum atomic E-state index is 8.11. The van der Waals surface area contributed by atoms with Crippen molar-refractivity contribution in [2.45, 2.75) is 0 Å². The van der Waals surface area contributed by atoms with Gasteiger partial charge in [0.1, 0.15) is 0 Å². The van der Waals surface area contributed by atoms with E-state index in [2.05, 4.69) is 6.58 Å². The fraction of sp³-hybridized carbons (Fsp3) is 0. The fourth-order valence-electron chi connectivity index (χ4n) is 0. The summed E-state index contributed by atoms with van der Waals surface area (Å²) >= 11 is 0. The molecule has 0 rings (SSSR count). The van der Waals surface area contributed by atoms with Gasteiger partial charge in [-0.1, -0.05) is 6.58 Å². The van der Waals surface area contributed by atoms with E-state index in [0.29, 0.717) is 0 Å². The molecule has 0 saturated heterocycles. The maximum Gasteiger partial charge on any atom is 0.152 e. The lowest BCUT2D eigenvalue weighted by Crippen LogP contribution is -1.25. The van der Waals surface area contributed by atoms with Crippen molar-refractivity contribution in [3.8, 4) is 6.07 Å². The van der Waals surface area contributed by atoms with Gasteiger partial charge in [-0.05, 0) is 0 Å². The van der Waals surface area contributed by atoms with Crippen molar-refractivity contribution in [1.82, 2.24) is 0 Å². The first kappa shape index (κ1) is 9.16. The standard InChI is InChI=1S/C3H3N.HNO2/c1-2-3-4;2-1-3/h2H,1H2;(H,2,3). The van der Waals surface area contributed by atoms with Crippen LogP contribution in [0.25, 0.3) is 0 Å². The van der Waals surface area contributed by atoms with Crippen LogP contribution in [0.1, 0.15) is 0 Å². The Bertz CT molecular complexity index is 83.4. The van der Waals surface area contributed by atoms with E-state index >= 15 is 0 Å². The Morgan fingerprint density at radius 3 is 2.14 bits per heavy atom. The van der Waals surface area contributed by atoms with E-state index in [1.807, 2.05) is 0 Å². The summed E-state index contributed by atoms with van der Waals surface area (Å²) in [5.41, 5.74) is 0. The van der Waals surface area contributed by atoms with Crippen LogP contribution in [0.3, 0.4) is 0 Å². The molecule has 0 fully saturated rings. The van der Waals surface area contributed by atoms with Crippen molar-refractivity contribution < 1.29 is 5.21 Å². The quantitative estimate of drug-likeness (QED) is 0.278. The molecule has 0 amide bonds. The monoisotopic (exact) mass is 100 g/mol. The van der Waals surface area contributed by atoms with Crippen LogP contribution < -0.4 is 0 Å². The zero-order valence-electron chi connectivity index (χ0n) is 3.53. The highest BCUT2D eigenvalue weighted by Crippen LogP contribution is 1.41. The predicted molar refractivity (Wildman–Crippen MR) is 23.4 cm³/mol. The van der Waals surface area contributed by atoms with Crippen LogP contribution in [0.2, 0.25) is 0 Å². The molecule has 0 aromatic carbocycles. The summed E-state index contributed by atoms with van der Waals surface area (Å²) in [5.74, 6) is 0. The minimum Gasteiger partial charge on any atom is -0.379 e. The van der Waals surface area contributed by atoms with Gasteiger partial charge in [0.25, 0.3) is 0 Å². The van der Waals surface area contributed by atoms with Gasteiger partial charge in [-0.3, -0.25) is 0 Å². The summed E-state index contributed by atoms with van der Waals surface area (Å²) in [5, 5.41) is 15.4. The van der Waals surface area contributed by atoms with E-state index < -0.39 is 0 Å². The Morgan fingerprint density at radius 2 is 2.14 bits per heavy atom. The molecule has 0 aromatic rings. The Labute approximate surface area is 40.6 Å². The van der Waals surface area contributed by atoms with Crippen LogP contribution in [0.15, 0.2) is 18.0 Å². The molecule has 4 nitrogen and oxygen atoms in total. The highest BCUT2D eigenvalue weighted by molar-refractivity contribution is 4.93. The smallest absolute Gasteiger partial charge is 0.152 e. The van der Waals surface area contributed by atoms with Gasteiger partial charge in [0.15, 0.2) is 5.34 Å². The van der Waals surface area contributed by atoms with E-state index in [9.17, 15) is 0 Å². The first-order valence-electron chi connectivity index (χ1n) is 1.30. The van der Waals surface area contributed by atoms with Gasteiger partial charge in [-0.25, -0.2) is 0 Å². The van der Waals surface area contributed by atoms with E-state index in [0.717, 1.165) is 0 Å². The summed E-state index contributed by atoms with van der Waals surface area (Å²) in [4.78, 5) is 8.11. The van der Waals surface area contributed by atoms with Crippen LogP contribution in [0.4, 0.5) is 0 Å². The first-order chi connectivity index (χ1) is 3.33. The van der Waals surface area contributed by atoms with Gasteiger partial charge in [0, 0.05) is 6.08 Å². The van der Waals surface area contributed by atoms with Crippen molar-refractivity contribution in [1.29, 1.82) is 5.26 Å². The molecular formula is C3H4N2O2. The van der Waals surface area contributed by atoms with Crippen molar-refractivity contribution in [3.63, 3.8) is 0 Å². The molecule has 38 valence electrons. The summed E-state index contributed by atoms with van der Waals surface area (Å²) in [7, 11) is 0. The zero-order valence-corrected chi connectivity index (χ0v) is 3.53. The number of hydrogen-bond donors (Lipinski definition) is 1. The molecule has 0 atom stereocenters. The van der Waals surface area contributed by atoms with Crippen LogP contribution >= 0.6 is 0 Å². The summed E-state index contributed by atoms with van der Waals surface area (Å²) in [6.07, 6.45) is 1.18. The largest absolute Gasteiger partial charge is 0.379 e.